The Morgan fingerprint density at radius 3 is 1.33 bits per heavy atom. The van der Waals surface area contributed by atoms with Crippen LogP contribution in [0.5, 0.6) is 0 Å². The molecule has 0 aliphatic carbocycles. The normalized spacial score (nSPS) is 16.2. The van der Waals surface area contributed by atoms with E-state index in [9.17, 15) is 29.4 Å². The van der Waals surface area contributed by atoms with Crippen molar-refractivity contribution in [1.29, 1.82) is 0 Å². The monoisotopic (exact) mass is 666 g/mol. The third-order valence-electron chi connectivity index (χ3n) is 9.19. The summed E-state index contributed by atoms with van der Waals surface area (Å²) in [6, 6.07) is 2.17. The molecule has 2 aliphatic heterocycles. The van der Waals surface area contributed by atoms with Crippen molar-refractivity contribution >= 4 is 45.6 Å². The third kappa shape index (κ3) is 6.08. The van der Waals surface area contributed by atoms with E-state index in [2.05, 4.69) is 19.8 Å². The number of hydrogen-bond donors (Lipinski definition) is 2. The first-order chi connectivity index (χ1) is 23.0. The number of aryl methyl sites for hydroxylation is 2. The second-order valence-electron chi connectivity index (χ2n) is 11.9. The van der Waals surface area contributed by atoms with E-state index in [0.29, 0.717) is 65.4 Å². The molecule has 4 aromatic rings. The van der Waals surface area contributed by atoms with Crippen LogP contribution < -0.4 is 20.7 Å². The molecule has 0 aromatic carbocycles. The number of aromatic carboxylic acids is 2. The standard InChI is InChI=1S/C32H36F2N8O6/c1-3-39-17-21(31(45)46)25(43)19-15-23(33)29(35-27(19)39)41-11-7-37(8-12-41)5-6-38-9-13-42(14-10-38)30-24(34)16-20-26(44)22(32(47)48)18-40(4-2)28(20)36-30/h15-18H,3-14H2,1-2H3,(H,45,46)(H,47,48). The summed E-state index contributed by atoms with van der Waals surface area (Å²) in [4.78, 5) is 65.5. The Bertz CT molecular complexity index is 1890. The molecule has 14 nitrogen and oxygen atoms in total. The van der Waals surface area contributed by atoms with Crippen LogP contribution in [0.15, 0.2) is 34.1 Å². The largest absolute Gasteiger partial charge is 0.477 e. The molecule has 16 heteroatoms. The van der Waals surface area contributed by atoms with Crippen molar-refractivity contribution < 1.29 is 28.6 Å². The van der Waals surface area contributed by atoms with Crippen molar-refractivity contribution in [2.75, 3.05) is 75.2 Å². The number of anilines is 2. The quantitative estimate of drug-likeness (QED) is 0.267. The van der Waals surface area contributed by atoms with Crippen LogP contribution in [0.1, 0.15) is 34.6 Å². The number of carbonyl (C=O) groups is 2. The summed E-state index contributed by atoms with van der Waals surface area (Å²) in [6.45, 7) is 10.7. The van der Waals surface area contributed by atoms with E-state index in [1.54, 1.807) is 23.0 Å². The lowest BCUT2D eigenvalue weighted by atomic mass is 10.1. The number of rotatable bonds is 9. The van der Waals surface area contributed by atoms with Crippen LogP contribution >= 0.6 is 0 Å². The Kier molecular flexibility index (Phi) is 9.11. The van der Waals surface area contributed by atoms with E-state index in [4.69, 9.17) is 0 Å². The van der Waals surface area contributed by atoms with Crippen molar-refractivity contribution in [3.63, 3.8) is 0 Å². The third-order valence-corrected chi connectivity index (χ3v) is 9.19. The zero-order valence-electron chi connectivity index (χ0n) is 26.7. The zero-order chi connectivity index (χ0) is 34.3. The first-order valence-electron chi connectivity index (χ1n) is 15.9. The van der Waals surface area contributed by atoms with Crippen molar-refractivity contribution in [3.05, 3.63) is 67.7 Å². The molecular weight excluding hydrogens is 630 g/mol. The minimum absolute atomic E-state index is 0.0635. The molecule has 2 N–H and O–H groups in total. The zero-order valence-corrected chi connectivity index (χ0v) is 26.7. The molecule has 0 atom stereocenters. The summed E-state index contributed by atoms with van der Waals surface area (Å²) >= 11 is 0. The average Bonchev–Trinajstić information content (AvgIpc) is 3.08. The maximum Gasteiger partial charge on any atom is 0.341 e. The highest BCUT2D eigenvalue weighted by molar-refractivity contribution is 5.93. The summed E-state index contributed by atoms with van der Waals surface area (Å²) in [5.41, 5.74) is -1.88. The van der Waals surface area contributed by atoms with Crippen LogP contribution in [0.3, 0.4) is 0 Å². The smallest absolute Gasteiger partial charge is 0.341 e. The molecule has 2 saturated heterocycles. The van der Waals surface area contributed by atoms with Crippen LogP contribution in [0, 0.1) is 11.6 Å². The van der Waals surface area contributed by atoms with Gasteiger partial charge in [0.1, 0.15) is 22.4 Å². The number of pyridine rings is 4. The highest BCUT2D eigenvalue weighted by atomic mass is 19.1. The number of carboxylic acids is 2. The van der Waals surface area contributed by atoms with Crippen molar-refractivity contribution in [2.45, 2.75) is 26.9 Å². The second-order valence-corrected chi connectivity index (χ2v) is 11.9. The predicted octanol–water partition coefficient (Wildman–Crippen LogP) is 1.77. The topological polar surface area (TPSA) is 157 Å². The fourth-order valence-electron chi connectivity index (χ4n) is 6.43. The number of nitrogens with zero attached hydrogens (tertiary/aromatic N) is 8. The lowest BCUT2D eigenvalue weighted by Crippen LogP contribution is -2.52. The fraction of sp³-hybridized carbons (Fsp3) is 0.438. The summed E-state index contributed by atoms with van der Waals surface area (Å²) in [7, 11) is 0. The molecule has 6 heterocycles. The molecule has 254 valence electrons. The molecular formula is C32H36F2N8O6. The van der Waals surface area contributed by atoms with Gasteiger partial charge in [-0.15, -0.1) is 0 Å². The maximum atomic E-state index is 15.2. The van der Waals surface area contributed by atoms with E-state index in [-0.39, 0.29) is 33.7 Å². The Hall–Kier alpha value is -4.96. The van der Waals surface area contributed by atoms with Crippen LogP contribution in [-0.4, -0.2) is 117 Å². The molecule has 2 fully saturated rings. The van der Waals surface area contributed by atoms with Crippen molar-refractivity contribution in [3.8, 4) is 0 Å². The highest BCUT2D eigenvalue weighted by Gasteiger charge is 2.26. The van der Waals surface area contributed by atoms with E-state index in [0.717, 1.165) is 25.2 Å². The first-order valence-corrected chi connectivity index (χ1v) is 15.9. The highest BCUT2D eigenvalue weighted by Crippen LogP contribution is 2.24. The second kappa shape index (κ2) is 13.3. The summed E-state index contributed by atoms with van der Waals surface area (Å²) in [6.07, 6.45) is 2.49. The number of halogens is 2. The van der Waals surface area contributed by atoms with Crippen LogP contribution in [0.2, 0.25) is 0 Å². The Balaban J connectivity index is 1.06. The molecule has 6 rings (SSSR count). The minimum atomic E-state index is -1.37. The van der Waals surface area contributed by atoms with E-state index in [1.807, 2.05) is 9.80 Å². The van der Waals surface area contributed by atoms with Gasteiger partial charge in [-0.05, 0) is 26.0 Å². The Morgan fingerprint density at radius 2 is 1.02 bits per heavy atom. The molecule has 0 spiro atoms. The molecule has 4 aromatic heterocycles. The number of fused-ring (bicyclic) bond motifs is 2. The van der Waals surface area contributed by atoms with Gasteiger partial charge in [-0.25, -0.2) is 28.3 Å². The maximum absolute atomic E-state index is 15.2. The Labute approximate surface area is 273 Å². The summed E-state index contributed by atoms with van der Waals surface area (Å²) in [5.74, 6) is -3.81. The van der Waals surface area contributed by atoms with Crippen molar-refractivity contribution in [2.24, 2.45) is 0 Å². The molecule has 2 aliphatic rings. The number of hydrogen-bond acceptors (Lipinski definition) is 10. The van der Waals surface area contributed by atoms with E-state index in [1.165, 1.54) is 12.4 Å². The van der Waals surface area contributed by atoms with Crippen molar-refractivity contribution in [1.82, 2.24) is 28.9 Å². The van der Waals surface area contributed by atoms with Crippen LogP contribution in [0.25, 0.3) is 22.1 Å². The van der Waals surface area contributed by atoms with Gasteiger partial charge in [0.15, 0.2) is 23.3 Å². The van der Waals surface area contributed by atoms with Gasteiger partial charge in [0.25, 0.3) is 0 Å². The molecule has 48 heavy (non-hydrogen) atoms. The van der Waals surface area contributed by atoms with Crippen LogP contribution in [-0.2, 0) is 13.1 Å². The molecule has 0 saturated carbocycles. The van der Waals surface area contributed by atoms with Gasteiger partial charge in [-0.2, -0.15) is 0 Å². The molecule has 0 amide bonds. The first kappa shape index (κ1) is 33.0. The number of carboxylic acid groups (broad SMARTS) is 2. The SMILES string of the molecule is CCn1cc(C(=O)O)c(=O)c2cc(F)c(N3CCN(CCN4CCN(c5nc6c(cc5F)c(=O)c(C(=O)O)cn6CC)CC4)CC3)nc21. The Morgan fingerprint density at radius 1 is 0.667 bits per heavy atom. The average molecular weight is 667 g/mol. The summed E-state index contributed by atoms with van der Waals surface area (Å²) < 4.78 is 33.5. The predicted molar refractivity (Wildman–Crippen MR) is 174 cm³/mol. The van der Waals surface area contributed by atoms with Gasteiger partial charge >= 0.3 is 11.9 Å². The number of piperazine rings is 2. The van der Waals surface area contributed by atoms with E-state index < -0.39 is 45.6 Å². The molecule has 0 radical (unpaired) electrons. The number of aromatic nitrogens is 4. The lowest BCUT2D eigenvalue weighted by molar-refractivity contribution is 0.0684. The van der Waals surface area contributed by atoms with Gasteiger partial charge in [0.2, 0.25) is 10.9 Å². The fourth-order valence-corrected chi connectivity index (χ4v) is 6.43. The van der Waals surface area contributed by atoms with E-state index >= 15 is 8.78 Å². The molecule has 0 unspecified atom stereocenters. The summed E-state index contributed by atoms with van der Waals surface area (Å²) in [5, 5.41) is 18.6. The minimum Gasteiger partial charge on any atom is -0.477 e. The van der Waals surface area contributed by atoms with Gasteiger partial charge in [0, 0.05) is 90.9 Å². The van der Waals surface area contributed by atoms with Gasteiger partial charge < -0.3 is 29.1 Å². The molecule has 0 bridgehead atoms. The van der Waals surface area contributed by atoms with Gasteiger partial charge in [0.05, 0.1) is 10.8 Å². The lowest BCUT2D eigenvalue weighted by Gasteiger charge is -2.39. The van der Waals surface area contributed by atoms with Gasteiger partial charge in [-0.3, -0.25) is 19.4 Å². The van der Waals surface area contributed by atoms with Gasteiger partial charge in [-0.1, -0.05) is 0 Å². The van der Waals surface area contributed by atoms with Crippen LogP contribution in [0.4, 0.5) is 20.4 Å².